The lowest BCUT2D eigenvalue weighted by molar-refractivity contribution is -0.134. The number of rotatable bonds is 5. The van der Waals surface area contributed by atoms with Crippen LogP contribution in [-0.4, -0.2) is 47.6 Å². The highest BCUT2D eigenvalue weighted by molar-refractivity contribution is 7.71. The number of nitrogens with zero attached hydrogens (tertiary/aromatic N) is 2. The lowest BCUT2D eigenvalue weighted by atomic mass is 10.1. The Morgan fingerprint density at radius 2 is 2.00 bits per heavy atom. The molecule has 9 heteroatoms. The highest BCUT2D eigenvalue weighted by Crippen LogP contribution is 2.32. The van der Waals surface area contributed by atoms with Gasteiger partial charge in [0.05, 0.1) is 12.8 Å². The molecule has 0 radical (unpaired) electrons. The first-order valence-corrected chi connectivity index (χ1v) is 9.30. The van der Waals surface area contributed by atoms with Crippen LogP contribution in [0.4, 0.5) is 0 Å². The number of aromatic amines is 2. The summed E-state index contributed by atoms with van der Waals surface area (Å²) in [7, 11) is 1.48. The maximum Gasteiger partial charge on any atom is 0.270 e. The zero-order valence-electron chi connectivity index (χ0n) is 15.4. The van der Waals surface area contributed by atoms with E-state index < -0.39 is 5.56 Å². The number of aromatic nitrogens is 2. The minimum Gasteiger partial charge on any atom is -0.493 e. The lowest BCUT2D eigenvalue weighted by Gasteiger charge is -2.26. The van der Waals surface area contributed by atoms with Crippen molar-refractivity contribution in [1.29, 1.82) is 5.26 Å². The van der Waals surface area contributed by atoms with Gasteiger partial charge in [-0.25, -0.2) is 0 Å². The van der Waals surface area contributed by atoms with E-state index >= 15 is 0 Å². The summed E-state index contributed by atoms with van der Waals surface area (Å²) >= 11 is 5.00. The van der Waals surface area contributed by atoms with Gasteiger partial charge in [0.15, 0.2) is 22.9 Å². The van der Waals surface area contributed by atoms with E-state index in [1.54, 1.807) is 23.1 Å². The van der Waals surface area contributed by atoms with E-state index in [2.05, 4.69) is 9.97 Å². The first-order valence-electron chi connectivity index (χ1n) is 8.89. The van der Waals surface area contributed by atoms with Crippen molar-refractivity contribution >= 4 is 18.1 Å². The van der Waals surface area contributed by atoms with Crippen molar-refractivity contribution in [3.8, 4) is 28.8 Å². The number of carbonyl (C=O) groups is 1. The monoisotopic (exact) mass is 400 g/mol. The standard InChI is InChI=1S/C19H20N4O4S/c1-26-15-9-12(17-13(10-20)18(25)22-19(28)21-17)5-6-14(15)27-11-16(24)23-7-3-2-4-8-23/h5-6,9H,2-4,7-8,11H2,1H3,(H2,21,22,25,28). The topological polar surface area (TPSA) is 111 Å². The molecule has 0 aliphatic carbocycles. The number of amides is 1. The van der Waals surface area contributed by atoms with Crippen molar-refractivity contribution in [1.82, 2.24) is 14.9 Å². The van der Waals surface area contributed by atoms with Crippen LogP contribution >= 0.6 is 12.2 Å². The second kappa shape index (κ2) is 8.71. The molecule has 1 amide bonds. The summed E-state index contributed by atoms with van der Waals surface area (Å²) in [5.41, 5.74) is 0.197. The third kappa shape index (κ3) is 4.23. The molecule has 2 aromatic rings. The van der Waals surface area contributed by atoms with E-state index in [0.717, 1.165) is 32.4 Å². The van der Waals surface area contributed by atoms with E-state index in [4.69, 9.17) is 21.7 Å². The van der Waals surface area contributed by atoms with Crippen LogP contribution in [0.3, 0.4) is 0 Å². The second-order valence-corrected chi connectivity index (χ2v) is 6.77. The van der Waals surface area contributed by atoms with Gasteiger partial charge < -0.3 is 19.4 Å². The molecule has 8 nitrogen and oxygen atoms in total. The van der Waals surface area contributed by atoms with Crippen LogP contribution in [-0.2, 0) is 4.79 Å². The number of methoxy groups -OCH3 is 1. The van der Waals surface area contributed by atoms with Gasteiger partial charge >= 0.3 is 0 Å². The van der Waals surface area contributed by atoms with Gasteiger partial charge in [-0.2, -0.15) is 5.26 Å². The highest BCUT2D eigenvalue weighted by Gasteiger charge is 2.18. The Balaban J connectivity index is 1.83. The average molecular weight is 400 g/mol. The quantitative estimate of drug-likeness (QED) is 0.746. The third-order valence-electron chi connectivity index (χ3n) is 4.57. The summed E-state index contributed by atoms with van der Waals surface area (Å²) in [5.74, 6) is 0.724. The van der Waals surface area contributed by atoms with Crippen LogP contribution < -0.4 is 15.0 Å². The highest BCUT2D eigenvalue weighted by atomic mass is 32.1. The third-order valence-corrected chi connectivity index (χ3v) is 4.77. The molecule has 1 aliphatic rings. The first-order chi connectivity index (χ1) is 13.5. The van der Waals surface area contributed by atoms with Crippen LogP contribution in [0.25, 0.3) is 11.3 Å². The number of nitrogens with one attached hydrogen (secondary N) is 2. The van der Waals surface area contributed by atoms with Crippen molar-refractivity contribution in [3.63, 3.8) is 0 Å². The summed E-state index contributed by atoms with van der Waals surface area (Å²) < 4.78 is 11.1. The maximum atomic E-state index is 12.3. The zero-order chi connectivity index (χ0) is 20.1. The number of hydrogen-bond donors (Lipinski definition) is 2. The fourth-order valence-corrected chi connectivity index (χ4v) is 3.32. The van der Waals surface area contributed by atoms with Crippen molar-refractivity contribution in [3.05, 3.63) is 38.9 Å². The van der Waals surface area contributed by atoms with E-state index in [0.29, 0.717) is 22.8 Å². The molecule has 2 heterocycles. The Morgan fingerprint density at radius 3 is 2.68 bits per heavy atom. The van der Waals surface area contributed by atoms with Crippen molar-refractivity contribution in [2.75, 3.05) is 26.8 Å². The van der Waals surface area contributed by atoms with Gasteiger partial charge in [-0.15, -0.1) is 0 Å². The Morgan fingerprint density at radius 1 is 1.25 bits per heavy atom. The van der Waals surface area contributed by atoms with Gasteiger partial charge in [-0.05, 0) is 49.7 Å². The average Bonchev–Trinajstić information content (AvgIpc) is 2.72. The van der Waals surface area contributed by atoms with Crippen LogP contribution in [0.15, 0.2) is 23.0 Å². The molecule has 0 spiro atoms. The number of nitriles is 1. The Bertz CT molecular complexity index is 1030. The molecule has 0 bridgehead atoms. The molecule has 2 N–H and O–H groups in total. The van der Waals surface area contributed by atoms with Gasteiger partial charge in [0, 0.05) is 18.7 Å². The number of H-pyrrole nitrogens is 2. The van der Waals surface area contributed by atoms with Gasteiger partial charge in [0.25, 0.3) is 11.5 Å². The van der Waals surface area contributed by atoms with Crippen molar-refractivity contribution in [2.45, 2.75) is 19.3 Å². The SMILES string of the molecule is COc1cc(-c2[nH]c(=S)[nH]c(=O)c2C#N)ccc1OCC(=O)N1CCCCC1. The number of likely N-dealkylation sites (tertiary alicyclic amines) is 1. The van der Waals surface area contributed by atoms with Crippen molar-refractivity contribution in [2.24, 2.45) is 0 Å². The molecule has 3 rings (SSSR count). The number of hydrogen-bond acceptors (Lipinski definition) is 6. The Labute approximate surface area is 166 Å². The molecule has 0 unspecified atom stereocenters. The lowest BCUT2D eigenvalue weighted by Crippen LogP contribution is -2.38. The molecule has 28 heavy (non-hydrogen) atoms. The Hall–Kier alpha value is -3.12. The molecular weight excluding hydrogens is 380 g/mol. The number of ether oxygens (including phenoxy) is 2. The molecule has 1 fully saturated rings. The predicted octanol–water partition coefficient (Wildman–Crippen LogP) is 2.37. The van der Waals surface area contributed by atoms with Crippen LogP contribution in [0.5, 0.6) is 11.5 Å². The predicted molar refractivity (Wildman–Crippen MR) is 105 cm³/mol. The number of benzene rings is 1. The molecule has 1 aromatic carbocycles. The summed E-state index contributed by atoms with van der Waals surface area (Å²) in [6.07, 6.45) is 3.18. The molecule has 146 valence electrons. The van der Waals surface area contributed by atoms with E-state index in [9.17, 15) is 14.9 Å². The van der Waals surface area contributed by atoms with Gasteiger partial charge in [0.2, 0.25) is 0 Å². The first kappa shape index (κ1) is 19.6. The minimum atomic E-state index is -0.562. The summed E-state index contributed by atoms with van der Waals surface area (Å²) in [4.78, 5) is 31.3. The fraction of sp³-hybridized carbons (Fsp3) is 0.368. The zero-order valence-corrected chi connectivity index (χ0v) is 16.2. The summed E-state index contributed by atoms with van der Waals surface area (Å²) in [6, 6.07) is 6.81. The Kier molecular flexibility index (Phi) is 6.11. The van der Waals surface area contributed by atoms with E-state index in [-0.39, 0.29) is 22.8 Å². The van der Waals surface area contributed by atoms with Crippen LogP contribution in [0.2, 0.25) is 0 Å². The second-order valence-electron chi connectivity index (χ2n) is 6.37. The van der Waals surface area contributed by atoms with Crippen molar-refractivity contribution < 1.29 is 14.3 Å². The van der Waals surface area contributed by atoms with Crippen LogP contribution in [0.1, 0.15) is 24.8 Å². The van der Waals surface area contributed by atoms with E-state index in [1.807, 2.05) is 6.07 Å². The van der Waals surface area contributed by atoms with Crippen LogP contribution in [0, 0.1) is 16.1 Å². The molecule has 0 saturated carbocycles. The number of piperidine rings is 1. The van der Waals surface area contributed by atoms with Gasteiger partial charge in [-0.1, -0.05) is 0 Å². The normalized spacial score (nSPS) is 13.6. The summed E-state index contributed by atoms with van der Waals surface area (Å²) in [5, 5.41) is 9.28. The summed E-state index contributed by atoms with van der Waals surface area (Å²) in [6.45, 7) is 1.45. The van der Waals surface area contributed by atoms with Gasteiger partial charge in [0.1, 0.15) is 11.6 Å². The molecular formula is C19H20N4O4S. The van der Waals surface area contributed by atoms with E-state index in [1.165, 1.54) is 7.11 Å². The molecule has 1 aliphatic heterocycles. The fourth-order valence-electron chi connectivity index (χ4n) is 3.13. The maximum absolute atomic E-state index is 12.3. The largest absolute Gasteiger partial charge is 0.493 e. The molecule has 1 aromatic heterocycles. The molecule has 0 atom stereocenters. The minimum absolute atomic E-state index is 0.0590. The van der Waals surface area contributed by atoms with Gasteiger partial charge in [-0.3, -0.25) is 14.6 Å². The smallest absolute Gasteiger partial charge is 0.270 e. The number of carbonyl (C=O) groups excluding carboxylic acids is 1. The molecule has 1 saturated heterocycles.